The van der Waals surface area contributed by atoms with Crippen molar-refractivity contribution in [2.45, 2.75) is 32.5 Å². The van der Waals surface area contributed by atoms with Crippen molar-refractivity contribution in [3.63, 3.8) is 0 Å². The van der Waals surface area contributed by atoms with E-state index in [9.17, 15) is 4.79 Å². The molecule has 0 bridgehead atoms. The largest absolute Gasteiger partial charge is 0.459 e. The molecule has 0 spiro atoms. The summed E-state index contributed by atoms with van der Waals surface area (Å²) in [4.78, 5) is 14.8. The number of hydrogen-bond donors (Lipinski definition) is 1. The lowest BCUT2D eigenvalue weighted by Gasteiger charge is -2.20. The molecular formula is C26H27N5O2. The minimum Gasteiger partial charge on any atom is -0.459 e. The van der Waals surface area contributed by atoms with Gasteiger partial charge >= 0.3 is 0 Å². The van der Waals surface area contributed by atoms with Gasteiger partial charge < -0.3 is 14.3 Å². The Hall–Kier alpha value is -3.71. The lowest BCUT2D eigenvalue weighted by Crippen LogP contribution is -2.30. The van der Waals surface area contributed by atoms with E-state index in [2.05, 4.69) is 73.5 Å². The maximum absolute atomic E-state index is 12.3. The topological polar surface area (TPSA) is 76.2 Å². The molecule has 1 N–H and O–H groups in total. The molecule has 0 radical (unpaired) electrons. The summed E-state index contributed by atoms with van der Waals surface area (Å²) in [5.74, 6) is 1.78. The molecule has 1 atom stereocenters. The molecule has 1 amide bonds. The maximum Gasteiger partial charge on any atom is 0.287 e. The maximum atomic E-state index is 12.3. The third-order valence-electron chi connectivity index (χ3n) is 6.09. The van der Waals surface area contributed by atoms with Crippen molar-refractivity contribution < 1.29 is 9.21 Å². The number of carbonyl (C=O) groups excluding carboxylic acids is 1. The Labute approximate surface area is 193 Å². The highest BCUT2D eigenvalue weighted by molar-refractivity contribution is 5.91. The molecule has 1 aliphatic rings. The third-order valence-corrected chi connectivity index (χ3v) is 6.09. The van der Waals surface area contributed by atoms with Gasteiger partial charge in [-0.05, 0) is 35.7 Å². The molecule has 0 fully saturated rings. The number of aromatic nitrogens is 3. The minimum atomic E-state index is -0.263. The first-order valence-corrected chi connectivity index (χ1v) is 11.3. The summed E-state index contributed by atoms with van der Waals surface area (Å²) in [6, 6.07) is 22.3. The van der Waals surface area contributed by atoms with Crippen LogP contribution < -0.4 is 5.32 Å². The number of benzene rings is 2. The Balaban J connectivity index is 1.22. The van der Waals surface area contributed by atoms with Gasteiger partial charge in [0.15, 0.2) is 11.6 Å². The fraction of sp³-hybridized carbons (Fsp3) is 0.269. The summed E-state index contributed by atoms with van der Waals surface area (Å²) >= 11 is 0. The van der Waals surface area contributed by atoms with Crippen LogP contribution in [0.4, 0.5) is 0 Å². The van der Waals surface area contributed by atoms with E-state index in [1.54, 1.807) is 12.1 Å². The number of carbonyl (C=O) groups is 1. The second kappa shape index (κ2) is 9.42. The molecule has 168 valence electrons. The van der Waals surface area contributed by atoms with Crippen molar-refractivity contribution in [3.05, 3.63) is 96.0 Å². The van der Waals surface area contributed by atoms with Crippen LogP contribution in [0.5, 0.6) is 0 Å². The van der Waals surface area contributed by atoms with E-state index in [1.807, 2.05) is 13.0 Å². The molecule has 33 heavy (non-hydrogen) atoms. The lowest BCUT2D eigenvalue weighted by molar-refractivity contribution is 0.0909. The first kappa shape index (κ1) is 21.2. The summed E-state index contributed by atoms with van der Waals surface area (Å²) in [6.07, 6.45) is 2.32. The van der Waals surface area contributed by atoms with Crippen LogP contribution in [0, 0.1) is 0 Å². The van der Waals surface area contributed by atoms with Crippen LogP contribution >= 0.6 is 0 Å². The van der Waals surface area contributed by atoms with E-state index in [0.717, 1.165) is 44.2 Å². The normalized spacial score (nSPS) is 14.9. The number of nitrogens with one attached hydrogen (secondary N) is 1. The van der Waals surface area contributed by atoms with E-state index >= 15 is 0 Å². The van der Waals surface area contributed by atoms with Crippen molar-refractivity contribution in [2.75, 3.05) is 13.1 Å². The Morgan fingerprint density at radius 3 is 2.52 bits per heavy atom. The molecule has 1 aliphatic heterocycles. The molecule has 7 heteroatoms. The van der Waals surface area contributed by atoms with Gasteiger partial charge in [-0.2, -0.15) is 0 Å². The van der Waals surface area contributed by atoms with Crippen molar-refractivity contribution >= 4 is 5.91 Å². The monoisotopic (exact) mass is 441 g/mol. The highest BCUT2D eigenvalue weighted by Gasteiger charge is 2.23. The molecular weight excluding hydrogens is 414 g/mol. The van der Waals surface area contributed by atoms with E-state index in [4.69, 9.17) is 4.42 Å². The van der Waals surface area contributed by atoms with Gasteiger partial charge in [-0.1, -0.05) is 54.6 Å². The minimum absolute atomic E-state index is 0.251. The molecule has 5 rings (SSSR count). The van der Waals surface area contributed by atoms with E-state index in [-0.39, 0.29) is 11.9 Å². The summed E-state index contributed by atoms with van der Waals surface area (Å²) in [5, 5.41) is 11.7. The number of furan rings is 1. The molecule has 2 aromatic carbocycles. The SMILES string of the molecule is CC(NC(=O)c1ccco1)c1nnc2n1CCN(Cc1ccc(-c3ccccc3)cc1)CC2. The van der Waals surface area contributed by atoms with Crippen molar-refractivity contribution in [2.24, 2.45) is 0 Å². The number of fused-ring (bicyclic) bond motifs is 1. The molecule has 3 heterocycles. The van der Waals surface area contributed by atoms with Crippen LogP contribution in [0.3, 0.4) is 0 Å². The van der Waals surface area contributed by atoms with Gasteiger partial charge in [0.2, 0.25) is 0 Å². The Kier molecular flexibility index (Phi) is 6.04. The van der Waals surface area contributed by atoms with Gasteiger partial charge in [0, 0.05) is 32.6 Å². The highest BCUT2D eigenvalue weighted by atomic mass is 16.3. The first-order valence-electron chi connectivity index (χ1n) is 11.3. The number of nitrogens with zero attached hydrogens (tertiary/aromatic N) is 4. The Morgan fingerprint density at radius 1 is 0.970 bits per heavy atom. The first-order chi connectivity index (χ1) is 16.2. The summed E-state index contributed by atoms with van der Waals surface area (Å²) in [7, 11) is 0. The van der Waals surface area contributed by atoms with Crippen LogP contribution in [-0.2, 0) is 19.5 Å². The van der Waals surface area contributed by atoms with Crippen LogP contribution in [-0.4, -0.2) is 38.7 Å². The third kappa shape index (κ3) is 4.73. The zero-order valence-electron chi connectivity index (χ0n) is 18.6. The molecule has 7 nitrogen and oxygen atoms in total. The molecule has 0 aliphatic carbocycles. The zero-order chi connectivity index (χ0) is 22.6. The summed E-state index contributed by atoms with van der Waals surface area (Å²) < 4.78 is 7.33. The van der Waals surface area contributed by atoms with Gasteiger partial charge in [-0.3, -0.25) is 9.69 Å². The number of amides is 1. The van der Waals surface area contributed by atoms with Crippen LogP contribution in [0.1, 0.15) is 40.7 Å². The van der Waals surface area contributed by atoms with Gasteiger partial charge in [0.25, 0.3) is 5.91 Å². The fourth-order valence-corrected chi connectivity index (χ4v) is 4.30. The fourth-order valence-electron chi connectivity index (χ4n) is 4.30. The molecule has 2 aromatic heterocycles. The molecule has 0 saturated heterocycles. The van der Waals surface area contributed by atoms with E-state index in [1.165, 1.54) is 23.0 Å². The van der Waals surface area contributed by atoms with Crippen molar-refractivity contribution in [1.82, 2.24) is 25.0 Å². The number of hydrogen-bond acceptors (Lipinski definition) is 5. The van der Waals surface area contributed by atoms with Gasteiger partial charge in [0.1, 0.15) is 5.82 Å². The van der Waals surface area contributed by atoms with Gasteiger partial charge in [-0.15, -0.1) is 10.2 Å². The summed E-state index contributed by atoms with van der Waals surface area (Å²) in [6.45, 7) is 5.44. The second-order valence-corrected chi connectivity index (χ2v) is 8.39. The molecule has 0 saturated carbocycles. The van der Waals surface area contributed by atoms with Crippen LogP contribution in [0.2, 0.25) is 0 Å². The standard InChI is InChI=1S/C26H27N5O2/c1-19(27-26(32)23-8-5-17-33-23)25-29-28-24-13-14-30(15-16-31(24)25)18-20-9-11-22(12-10-20)21-6-3-2-4-7-21/h2-12,17,19H,13-16,18H2,1H3,(H,27,32). The predicted octanol–water partition coefficient (Wildman–Crippen LogP) is 4.09. The van der Waals surface area contributed by atoms with Crippen LogP contribution in [0.25, 0.3) is 11.1 Å². The smallest absolute Gasteiger partial charge is 0.287 e. The van der Waals surface area contributed by atoms with E-state index < -0.39 is 0 Å². The van der Waals surface area contributed by atoms with Gasteiger partial charge in [-0.25, -0.2) is 0 Å². The van der Waals surface area contributed by atoms with E-state index in [0.29, 0.717) is 5.76 Å². The average Bonchev–Trinajstić information content (AvgIpc) is 3.49. The van der Waals surface area contributed by atoms with Crippen molar-refractivity contribution in [3.8, 4) is 11.1 Å². The van der Waals surface area contributed by atoms with Gasteiger partial charge in [0.05, 0.1) is 12.3 Å². The quantitative estimate of drug-likeness (QED) is 0.488. The lowest BCUT2D eigenvalue weighted by atomic mass is 10.0. The Bertz CT molecular complexity index is 1200. The molecule has 1 unspecified atom stereocenters. The van der Waals surface area contributed by atoms with Crippen LogP contribution in [0.15, 0.2) is 77.4 Å². The zero-order valence-corrected chi connectivity index (χ0v) is 18.6. The predicted molar refractivity (Wildman–Crippen MR) is 125 cm³/mol. The van der Waals surface area contributed by atoms with Crippen molar-refractivity contribution in [1.29, 1.82) is 0 Å². The summed E-state index contributed by atoms with van der Waals surface area (Å²) in [5.41, 5.74) is 3.76. The average molecular weight is 442 g/mol. The second-order valence-electron chi connectivity index (χ2n) is 8.39. The Morgan fingerprint density at radius 2 is 1.76 bits per heavy atom. The highest BCUT2D eigenvalue weighted by Crippen LogP contribution is 2.21. The number of rotatable bonds is 6. The molecule has 4 aromatic rings.